The smallest absolute Gasteiger partial charge is 0.173 e. The van der Waals surface area contributed by atoms with Crippen LogP contribution in [0.15, 0.2) is 16.3 Å². The maximum Gasteiger partial charge on any atom is 0.173 e. The van der Waals surface area contributed by atoms with Crippen molar-refractivity contribution in [3.05, 3.63) is 11.3 Å². The molecule has 0 aromatic carbocycles. The second kappa shape index (κ2) is 6.89. The molecule has 0 aliphatic heterocycles. The molecule has 0 aromatic rings. The molecule has 0 rings (SSSR count). The van der Waals surface area contributed by atoms with Gasteiger partial charge in [-0.1, -0.05) is 18.9 Å². The Balaban J connectivity index is 4.07. The molecule has 0 spiro atoms. The molecule has 2 nitrogen and oxygen atoms in total. The van der Waals surface area contributed by atoms with Crippen molar-refractivity contribution in [1.82, 2.24) is 0 Å². The van der Waals surface area contributed by atoms with Crippen LogP contribution in [-0.2, 0) is 4.74 Å². The summed E-state index contributed by atoms with van der Waals surface area (Å²) in [4.78, 5) is 4.21. The van der Waals surface area contributed by atoms with Crippen molar-refractivity contribution >= 4 is 6.40 Å². The Morgan fingerprint density at radius 3 is 2.50 bits per heavy atom. The first-order valence-corrected chi connectivity index (χ1v) is 4.44. The quantitative estimate of drug-likeness (QED) is 0.457. The Kier molecular flexibility index (Phi) is 6.44. The number of methoxy groups -OCH3 is 1. The fraction of sp³-hybridized carbons (Fsp3) is 0.700. The number of hydrogen-bond acceptors (Lipinski definition) is 2. The summed E-state index contributed by atoms with van der Waals surface area (Å²) >= 11 is 0. The van der Waals surface area contributed by atoms with Crippen molar-refractivity contribution in [2.75, 3.05) is 7.11 Å². The van der Waals surface area contributed by atoms with Crippen LogP contribution in [0, 0.1) is 0 Å². The minimum absolute atomic E-state index is 1.05. The van der Waals surface area contributed by atoms with E-state index in [2.05, 4.69) is 25.8 Å². The topological polar surface area (TPSA) is 21.6 Å². The highest BCUT2D eigenvalue weighted by molar-refractivity contribution is 5.48. The van der Waals surface area contributed by atoms with Crippen molar-refractivity contribution in [2.24, 2.45) is 4.99 Å². The van der Waals surface area contributed by atoms with Gasteiger partial charge >= 0.3 is 0 Å². The molecule has 12 heavy (non-hydrogen) atoms. The lowest BCUT2D eigenvalue weighted by Crippen LogP contribution is -1.86. The number of nitrogens with zero attached hydrogens (tertiary/aromatic N) is 1. The Hall–Kier alpha value is -0.790. The van der Waals surface area contributed by atoms with Crippen molar-refractivity contribution in [3.63, 3.8) is 0 Å². The lowest BCUT2D eigenvalue weighted by Gasteiger charge is -2.02. The molecule has 0 aromatic heterocycles. The highest BCUT2D eigenvalue weighted by Crippen LogP contribution is 2.12. The lowest BCUT2D eigenvalue weighted by molar-refractivity contribution is 0.422. The fourth-order valence-electron chi connectivity index (χ4n) is 0.904. The third-order valence-corrected chi connectivity index (χ3v) is 1.66. The van der Waals surface area contributed by atoms with Crippen molar-refractivity contribution in [1.29, 1.82) is 0 Å². The maximum atomic E-state index is 4.78. The van der Waals surface area contributed by atoms with E-state index >= 15 is 0 Å². The molecule has 0 heterocycles. The number of ether oxygens (including phenoxy) is 1. The van der Waals surface area contributed by atoms with Crippen LogP contribution in [0.3, 0.4) is 0 Å². The summed E-state index contributed by atoms with van der Waals surface area (Å²) in [7, 11) is 1.62. The number of unbranched alkanes of at least 4 members (excludes halogenated alkanes) is 1. The molecule has 0 bridgehead atoms. The normalized spacial score (nSPS) is 10.3. The van der Waals surface area contributed by atoms with E-state index in [0.29, 0.717) is 0 Å². The zero-order valence-electron chi connectivity index (χ0n) is 8.55. The number of hydrogen-bond donors (Lipinski definition) is 0. The van der Waals surface area contributed by atoms with Gasteiger partial charge in [-0.05, 0) is 26.7 Å². The molecule has 0 saturated carbocycles. The summed E-state index contributed by atoms with van der Waals surface area (Å²) in [6.45, 7) is 6.35. The number of allylic oxidation sites excluding steroid dienone is 2. The summed E-state index contributed by atoms with van der Waals surface area (Å²) < 4.78 is 4.78. The Labute approximate surface area is 75.3 Å². The van der Waals surface area contributed by atoms with E-state index in [0.717, 1.165) is 12.1 Å². The fourth-order valence-corrected chi connectivity index (χ4v) is 0.904. The largest absolute Gasteiger partial charge is 0.486 e. The van der Waals surface area contributed by atoms with Crippen LogP contribution >= 0.6 is 0 Å². The average Bonchev–Trinajstić information content (AvgIpc) is 2.04. The molecular weight excluding hydrogens is 150 g/mol. The molecule has 0 radical (unpaired) electrons. The van der Waals surface area contributed by atoms with E-state index < -0.39 is 0 Å². The van der Waals surface area contributed by atoms with E-state index in [1.165, 1.54) is 24.8 Å². The van der Waals surface area contributed by atoms with E-state index in [9.17, 15) is 0 Å². The summed E-state index contributed by atoms with van der Waals surface area (Å²) in [5.74, 6) is 0. The van der Waals surface area contributed by atoms with E-state index in [1.54, 1.807) is 7.11 Å². The van der Waals surface area contributed by atoms with Crippen molar-refractivity contribution in [2.45, 2.75) is 40.0 Å². The Bertz CT molecular complexity index is 167. The molecule has 0 unspecified atom stereocenters. The maximum absolute atomic E-state index is 4.78. The predicted octanol–water partition coefficient (Wildman–Crippen LogP) is 3.15. The molecule has 0 aliphatic carbocycles. The Morgan fingerprint density at radius 2 is 2.08 bits per heavy atom. The number of rotatable bonds is 5. The van der Waals surface area contributed by atoms with Gasteiger partial charge in [0.25, 0.3) is 0 Å². The van der Waals surface area contributed by atoms with Crippen LogP contribution in [-0.4, -0.2) is 13.5 Å². The van der Waals surface area contributed by atoms with Gasteiger partial charge in [0.1, 0.15) is 0 Å². The van der Waals surface area contributed by atoms with Crippen LogP contribution in [0.2, 0.25) is 0 Å². The van der Waals surface area contributed by atoms with E-state index in [1.807, 2.05) is 0 Å². The highest BCUT2D eigenvalue weighted by atomic mass is 16.5. The highest BCUT2D eigenvalue weighted by Gasteiger charge is 1.95. The van der Waals surface area contributed by atoms with Gasteiger partial charge in [0.15, 0.2) is 6.40 Å². The first-order chi connectivity index (χ1) is 5.72. The monoisotopic (exact) mass is 169 g/mol. The van der Waals surface area contributed by atoms with E-state index in [4.69, 9.17) is 4.74 Å². The minimum Gasteiger partial charge on any atom is -0.486 e. The molecule has 0 saturated heterocycles. The van der Waals surface area contributed by atoms with Crippen LogP contribution in [0.5, 0.6) is 0 Å². The van der Waals surface area contributed by atoms with Crippen LogP contribution in [0.1, 0.15) is 40.0 Å². The average molecular weight is 169 g/mol. The standard InChI is InChI=1S/C10H19NO/c1-5-6-7-10(9(2)3)11-8-12-4/h8H,5-7H2,1-4H3/b11-8-. The molecule has 0 fully saturated rings. The summed E-state index contributed by atoms with van der Waals surface area (Å²) in [5.41, 5.74) is 2.43. The van der Waals surface area contributed by atoms with E-state index in [-0.39, 0.29) is 0 Å². The second-order valence-electron chi connectivity index (χ2n) is 3.02. The van der Waals surface area contributed by atoms with Gasteiger partial charge in [0.2, 0.25) is 0 Å². The van der Waals surface area contributed by atoms with Gasteiger partial charge in [-0.3, -0.25) is 0 Å². The first kappa shape index (κ1) is 11.2. The molecule has 0 amide bonds. The zero-order valence-corrected chi connectivity index (χ0v) is 8.55. The third kappa shape index (κ3) is 4.94. The minimum atomic E-state index is 1.05. The van der Waals surface area contributed by atoms with Crippen LogP contribution < -0.4 is 0 Å². The molecule has 0 N–H and O–H groups in total. The molecule has 2 heteroatoms. The van der Waals surface area contributed by atoms with Gasteiger partial charge in [-0.2, -0.15) is 0 Å². The van der Waals surface area contributed by atoms with Crippen molar-refractivity contribution in [3.8, 4) is 0 Å². The lowest BCUT2D eigenvalue weighted by atomic mass is 10.1. The molecule has 70 valence electrons. The van der Waals surface area contributed by atoms with Gasteiger partial charge in [0.05, 0.1) is 7.11 Å². The number of aliphatic imine (C=N–C) groups is 1. The summed E-state index contributed by atoms with van der Waals surface area (Å²) in [6, 6.07) is 0. The summed E-state index contributed by atoms with van der Waals surface area (Å²) in [6.07, 6.45) is 4.96. The van der Waals surface area contributed by atoms with Gasteiger partial charge in [-0.15, -0.1) is 0 Å². The molecule has 0 atom stereocenters. The van der Waals surface area contributed by atoms with Gasteiger partial charge in [0, 0.05) is 5.70 Å². The van der Waals surface area contributed by atoms with Crippen LogP contribution in [0.25, 0.3) is 0 Å². The third-order valence-electron chi connectivity index (χ3n) is 1.66. The van der Waals surface area contributed by atoms with Crippen LogP contribution in [0.4, 0.5) is 0 Å². The molecular formula is C10H19NO. The van der Waals surface area contributed by atoms with Gasteiger partial charge in [-0.25, -0.2) is 4.99 Å². The predicted molar refractivity (Wildman–Crippen MR) is 53.4 cm³/mol. The second-order valence-corrected chi connectivity index (χ2v) is 3.02. The zero-order chi connectivity index (χ0) is 9.40. The first-order valence-electron chi connectivity index (χ1n) is 4.44. The van der Waals surface area contributed by atoms with Gasteiger partial charge < -0.3 is 4.74 Å². The SMILES string of the molecule is CCCCC(/N=C\OC)=C(C)C. The summed E-state index contributed by atoms with van der Waals surface area (Å²) in [5, 5.41) is 0. The molecule has 0 aliphatic rings. The van der Waals surface area contributed by atoms with Crippen molar-refractivity contribution < 1.29 is 4.74 Å². The Morgan fingerprint density at radius 1 is 1.42 bits per heavy atom.